The number of amides is 2. The molecule has 0 aliphatic carbocycles. The van der Waals surface area contributed by atoms with Gasteiger partial charge in [0.15, 0.2) is 6.10 Å². The first-order valence-corrected chi connectivity index (χ1v) is 9.31. The summed E-state index contributed by atoms with van der Waals surface area (Å²) in [6, 6.07) is 10.4. The summed E-state index contributed by atoms with van der Waals surface area (Å²) < 4.78 is 10.7. The Bertz CT molecular complexity index is 831. The second kappa shape index (κ2) is 10.1. The first kappa shape index (κ1) is 21.7. The minimum Gasteiger partial charge on any atom is -0.481 e. The van der Waals surface area contributed by atoms with Crippen LogP contribution in [0.15, 0.2) is 36.4 Å². The van der Waals surface area contributed by atoms with Crippen molar-refractivity contribution < 1.29 is 19.1 Å². The van der Waals surface area contributed by atoms with Gasteiger partial charge in [0.2, 0.25) is 0 Å². The lowest BCUT2D eigenvalue weighted by molar-refractivity contribution is -0.122. The van der Waals surface area contributed by atoms with Crippen LogP contribution in [0.5, 0.6) is 5.75 Å². The normalized spacial score (nSPS) is 11.6. The van der Waals surface area contributed by atoms with Crippen LogP contribution in [0.3, 0.4) is 0 Å². The van der Waals surface area contributed by atoms with Crippen molar-refractivity contribution in [3.63, 3.8) is 0 Å². The molecule has 0 aromatic heterocycles. The zero-order valence-electron chi connectivity index (χ0n) is 16.5. The molecule has 1 atom stereocenters. The van der Waals surface area contributed by atoms with Gasteiger partial charge in [-0.2, -0.15) is 0 Å². The number of nitrogens with one attached hydrogen (secondary N) is 2. The van der Waals surface area contributed by atoms with Gasteiger partial charge in [-0.15, -0.1) is 0 Å². The summed E-state index contributed by atoms with van der Waals surface area (Å²) in [5, 5.41) is 6.18. The number of carbonyl (C=O) groups excluding carboxylic acids is 2. The molecule has 2 amide bonds. The van der Waals surface area contributed by atoms with E-state index >= 15 is 0 Å². The molecule has 7 heteroatoms. The Hall–Kier alpha value is -2.57. The molecule has 2 aromatic rings. The maximum atomic E-state index is 12.6. The van der Waals surface area contributed by atoms with Crippen LogP contribution in [0.1, 0.15) is 28.4 Å². The van der Waals surface area contributed by atoms with E-state index in [1.165, 1.54) is 0 Å². The lowest BCUT2D eigenvalue weighted by Gasteiger charge is -2.17. The second-order valence-corrected chi connectivity index (χ2v) is 6.79. The molecule has 0 aliphatic rings. The molecule has 28 heavy (non-hydrogen) atoms. The molecular weight excluding hydrogens is 380 g/mol. The first-order chi connectivity index (χ1) is 13.3. The van der Waals surface area contributed by atoms with Crippen molar-refractivity contribution in [1.29, 1.82) is 0 Å². The first-order valence-electron chi connectivity index (χ1n) is 8.94. The largest absolute Gasteiger partial charge is 0.481 e. The third-order valence-corrected chi connectivity index (χ3v) is 4.71. The SMILES string of the molecule is COCCNC(=O)c1ccccc1NC(=O)C(C)Oc1cc(C)c(Cl)c(C)c1. The van der Waals surface area contributed by atoms with Crippen LogP contribution in [0.4, 0.5) is 5.69 Å². The van der Waals surface area contributed by atoms with Crippen LogP contribution in [-0.2, 0) is 9.53 Å². The number of aryl methyl sites for hydroxylation is 2. The second-order valence-electron chi connectivity index (χ2n) is 6.41. The van der Waals surface area contributed by atoms with E-state index in [4.69, 9.17) is 21.1 Å². The van der Waals surface area contributed by atoms with Crippen molar-refractivity contribution in [2.45, 2.75) is 26.9 Å². The highest BCUT2D eigenvalue weighted by Gasteiger charge is 2.19. The molecule has 0 bridgehead atoms. The smallest absolute Gasteiger partial charge is 0.265 e. The van der Waals surface area contributed by atoms with Gasteiger partial charge in [-0.1, -0.05) is 23.7 Å². The van der Waals surface area contributed by atoms with E-state index in [1.54, 1.807) is 50.4 Å². The van der Waals surface area contributed by atoms with Crippen LogP contribution in [0.2, 0.25) is 5.02 Å². The van der Waals surface area contributed by atoms with E-state index in [2.05, 4.69) is 10.6 Å². The van der Waals surface area contributed by atoms with Crippen molar-refractivity contribution in [3.8, 4) is 5.75 Å². The van der Waals surface area contributed by atoms with E-state index < -0.39 is 6.10 Å². The number of para-hydroxylation sites is 1. The summed E-state index contributed by atoms with van der Waals surface area (Å²) in [6.45, 7) is 6.20. The molecule has 0 heterocycles. The van der Waals surface area contributed by atoms with Crippen LogP contribution in [0.25, 0.3) is 0 Å². The number of ether oxygens (including phenoxy) is 2. The highest BCUT2D eigenvalue weighted by Crippen LogP contribution is 2.26. The lowest BCUT2D eigenvalue weighted by atomic mass is 10.1. The standard InChI is InChI=1S/C21H25ClN2O4/c1-13-11-16(12-14(2)19(13)22)28-15(3)20(25)24-18-8-6-5-7-17(18)21(26)23-9-10-27-4/h5-8,11-12,15H,9-10H2,1-4H3,(H,23,26)(H,24,25). The van der Waals surface area contributed by atoms with E-state index in [1.807, 2.05) is 13.8 Å². The number of halogens is 1. The summed E-state index contributed by atoms with van der Waals surface area (Å²) in [5.41, 5.74) is 2.54. The zero-order chi connectivity index (χ0) is 20.7. The van der Waals surface area contributed by atoms with Gasteiger partial charge in [-0.05, 0) is 56.2 Å². The van der Waals surface area contributed by atoms with Crippen LogP contribution < -0.4 is 15.4 Å². The Morgan fingerprint density at radius 2 is 1.79 bits per heavy atom. The van der Waals surface area contributed by atoms with Gasteiger partial charge >= 0.3 is 0 Å². The Morgan fingerprint density at radius 1 is 1.14 bits per heavy atom. The topological polar surface area (TPSA) is 76.7 Å². The molecular formula is C21H25ClN2O4. The van der Waals surface area contributed by atoms with Crippen molar-refractivity contribution in [2.24, 2.45) is 0 Å². The fourth-order valence-corrected chi connectivity index (χ4v) is 2.73. The third-order valence-electron chi connectivity index (χ3n) is 4.11. The lowest BCUT2D eigenvalue weighted by Crippen LogP contribution is -2.32. The number of anilines is 1. The van der Waals surface area contributed by atoms with Gasteiger partial charge in [0.25, 0.3) is 11.8 Å². The van der Waals surface area contributed by atoms with E-state index in [0.29, 0.717) is 35.2 Å². The zero-order valence-corrected chi connectivity index (χ0v) is 17.2. The highest BCUT2D eigenvalue weighted by atomic mass is 35.5. The Labute approximate surface area is 170 Å². The number of methoxy groups -OCH3 is 1. The van der Waals surface area contributed by atoms with Crippen LogP contribution in [0, 0.1) is 13.8 Å². The fraction of sp³-hybridized carbons (Fsp3) is 0.333. The van der Waals surface area contributed by atoms with Gasteiger partial charge in [-0.3, -0.25) is 9.59 Å². The maximum Gasteiger partial charge on any atom is 0.265 e. The van der Waals surface area contributed by atoms with Crippen molar-refractivity contribution in [2.75, 3.05) is 25.6 Å². The summed E-state index contributed by atoms with van der Waals surface area (Å²) >= 11 is 6.17. The molecule has 0 aliphatic heterocycles. The van der Waals surface area contributed by atoms with Gasteiger partial charge in [0.05, 0.1) is 17.9 Å². The number of benzene rings is 2. The predicted molar refractivity (Wildman–Crippen MR) is 110 cm³/mol. The van der Waals surface area contributed by atoms with Crippen molar-refractivity contribution >= 4 is 29.1 Å². The highest BCUT2D eigenvalue weighted by molar-refractivity contribution is 6.32. The molecule has 2 rings (SSSR count). The van der Waals surface area contributed by atoms with E-state index in [0.717, 1.165) is 11.1 Å². The average Bonchev–Trinajstić information content (AvgIpc) is 2.66. The monoisotopic (exact) mass is 404 g/mol. The molecule has 0 spiro atoms. The van der Waals surface area contributed by atoms with Crippen molar-refractivity contribution in [3.05, 3.63) is 58.1 Å². The molecule has 2 aromatic carbocycles. The average molecular weight is 405 g/mol. The Balaban J connectivity index is 2.07. The molecule has 0 fully saturated rings. The van der Waals surface area contributed by atoms with Crippen molar-refractivity contribution in [1.82, 2.24) is 5.32 Å². The summed E-state index contributed by atoms with van der Waals surface area (Å²) in [4.78, 5) is 24.9. The van der Waals surface area contributed by atoms with E-state index in [9.17, 15) is 9.59 Å². The minimum atomic E-state index is -0.760. The van der Waals surface area contributed by atoms with Crippen LogP contribution >= 0.6 is 11.6 Å². The van der Waals surface area contributed by atoms with Gasteiger partial charge in [0.1, 0.15) is 5.75 Å². The molecule has 0 saturated heterocycles. The maximum absolute atomic E-state index is 12.6. The summed E-state index contributed by atoms with van der Waals surface area (Å²) in [6.07, 6.45) is -0.760. The van der Waals surface area contributed by atoms with Gasteiger partial charge in [0, 0.05) is 18.7 Å². The molecule has 150 valence electrons. The Kier molecular flexibility index (Phi) is 7.84. The quantitative estimate of drug-likeness (QED) is 0.657. The molecule has 2 N–H and O–H groups in total. The summed E-state index contributed by atoms with van der Waals surface area (Å²) in [5.74, 6) is -0.0829. The molecule has 0 radical (unpaired) electrons. The summed E-state index contributed by atoms with van der Waals surface area (Å²) in [7, 11) is 1.56. The van der Waals surface area contributed by atoms with E-state index in [-0.39, 0.29) is 11.8 Å². The molecule has 0 saturated carbocycles. The number of carbonyl (C=O) groups is 2. The third kappa shape index (κ3) is 5.71. The van der Waals surface area contributed by atoms with Gasteiger partial charge < -0.3 is 20.1 Å². The molecule has 1 unspecified atom stereocenters. The number of rotatable bonds is 8. The van der Waals surface area contributed by atoms with Crippen LogP contribution in [-0.4, -0.2) is 38.2 Å². The predicted octanol–water partition coefficient (Wildman–Crippen LogP) is 3.74. The minimum absolute atomic E-state index is 0.287. The van der Waals surface area contributed by atoms with Gasteiger partial charge in [-0.25, -0.2) is 0 Å². The number of hydrogen-bond acceptors (Lipinski definition) is 4. The Morgan fingerprint density at radius 3 is 2.43 bits per heavy atom. The molecule has 6 nitrogen and oxygen atoms in total. The fourth-order valence-electron chi connectivity index (χ4n) is 2.62. The number of hydrogen-bond donors (Lipinski definition) is 2.